The summed E-state index contributed by atoms with van der Waals surface area (Å²) in [5.41, 5.74) is 12.7. The van der Waals surface area contributed by atoms with Crippen LogP contribution < -0.4 is 9.88 Å². The Bertz CT molecular complexity index is 1600. The highest BCUT2D eigenvalue weighted by Gasteiger charge is 2.27. The van der Waals surface area contributed by atoms with Gasteiger partial charge in [0.25, 0.3) is 0 Å². The molecule has 53 heavy (non-hydrogen) atoms. The fraction of sp³-hybridized carbons (Fsp3) is 0.540. The molecule has 0 aliphatic heterocycles. The fourth-order valence-electron chi connectivity index (χ4n) is 7.71. The minimum absolute atomic E-state index is 0.261. The van der Waals surface area contributed by atoms with Gasteiger partial charge in [-0.15, -0.1) is 0 Å². The van der Waals surface area contributed by atoms with Crippen LogP contribution in [-0.2, 0) is 11.3 Å². The summed E-state index contributed by atoms with van der Waals surface area (Å²) in [4.78, 5) is 0. The summed E-state index contributed by atoms with van der Waals surface area (Å²) < 4.78 is 8.35. The number of aromatic nitrogens is 1. The molecule has 0 unspecified atom stereocenters. The largest absolute Gasteiger partial charge is 0.374 e. The molecule has 0 aromatic carbocycles. The van der Waals surface area contributed by atoms with E-state index in [0.717, 1.165) is 26.2 Å². The number of rotatable bonds is 20. The Balaban J connectivity index is 1.72. The van der Waals surface area contributed by atoms with Gasteiger partial charge in [0.15, 0.2) is 12.7 Å². The second-order valence-corrected chi connectivity index (χ2v) is 17.0. The Morgan fingerprint density at radius 3 is 1.98 bits per heavy atom. The van der Waals surface area contributed by atoms with E-state index in [4.69, 9.17) is 4.74 Å². The van der Waals surface area contributed by atoms with Gasteiger partial charge in [-0.1, -0.05) is 137 Å². The summed E-state index contributed by atoms with van der Waals surface area (Å²) in [5, 5.41) is 3.52. The third kappa shape index (κ3) is 15.9. The van der Waals surface area contributed by atoms with E-state index < -0.39 is 0 Å². The molecular weight excluding hydrogens is 645 g/mol. The van der Waals surface area contributed by atoms with Crippen molar-refractivity contribution in [2.24, 2.45) is 10.8 Å². The number of allylic oxidation sites excluding steroid dienone is 16. The molecule has 290 valence electrons. The molecule has 1 heterocycles. The molecule has 2 aliphatic rings. The number of unbranched alkanes of at least 4 members (excludes halogenated alkanes) is 3. The van der Waals surface area contributed by atoms with E-state index in [9.17, 15) is 0 Å². The molecule has 1 aromatic rings. The first kappa shape index (κ1) is 44.1. The molecule has 3 rings (SSSR count). The van der Waals surface area contributed by atoms with Gasteiger partial charge in [-0.25, -0.2) is 0 Å². The van der Waals surface area contributed by atoms with Crippen molar-refractivity contribution in [1.29, 1.82) is 0 Å². The van der Waals surface area contributed by atoms with Crippen molar-refractivity contribution in [2.75, 3.05) is 26.3 Å². The van der Waals surface area contributed by atoms with Gasteiger partial charge in [0, 0.05) is 24.8 Å². The van der Waals surface area contributed by atoms with Gasteiger partial charge in [0.2, 0.25) is 5.69 Å². The molecule has 1 N–H and O–H groups in total. The molecule has 0 saturated heterocycles. The second kappa shape index (κ2) is 22.8. The van der Waals surface area contributed by atoms with E-state index in [1.165, 1.54) is 103 Å². The van der Waals surface area contributed by atoms with Gasteiger partial charge in [-0.3, -0.25) is 0 Å². The van der Waals surface area contributed by atoms with Gasteiger partial charge in [-0.05, 0) is 119 Å². The quantitative estimate of drug-likeness (QED) is 0.0824. The molecule has 2 aliphatic carbocycles. The third-order valence-corrected chi connectivity index (χ3v) is 11.1. The van der Waals surface area contributed by atoms with Crippen LogP contribution in [0.3, 0.4) is 0 Å². The average molecular weight is 720 g/mol. The Morgan fingerprint density at radius 2 is 1.38 bits per heavy atom. The first-order valence-corrected chi connectivity index (χ1v) is 20.8. The Kier molecular flexibility index (Phi) is 19.0. The zero-order valence-corrected chi connectivity index (χ0v) is 35.5. The molecule has 3 nitrogen and oxygen atoms in total. The maximum absolute atomic E-state index is 6.04. The van der Waals surface area contributed by atoms with Crippen LogP contribution in [-0.4, -0.2) is 26.3 Å². The maximum Gasteiger partial charge on any atom is 0.206 e. The lowest BCUT2D eigenvalue weighted by molar-refractivity contribution is -0.700. The molecule has 0 fully saturated rings. The molecule has 0 radical (unpaired) electrons. The van der Waals surface area contributed by atoms with Crippen LogP contribution in [0.15, 0.2) is 112 Å². The number of nitrogens with one attached hydrogen (secondary N) is 1. The lowest BCUT2D eigenvalue weighted by Gasteiger charge is -2.33. The minimum Gasteiger partial charge on any atom is -0.374 e. The van der Waals surface area contributed by atoms with Gasteiger partial charge in [-0.2, -0.15) is 4.57 Å². The van der Waals surface area contributed by atoms with E-state index >= 15 is 0 Å². The Labute approximate surface area is 326 Å². The monoisotopic (exact) mass is 720 g/mol. The predicted octanol–water partition coefficient (Wildman–Crippen LogP) is 13.2. The van der Waals surface area contributed by atoms with Crippen molar-refractivity contribution in [3.63, 3.8) is 0 Å². The van der Waals surface area contributed by atoms with Crippen LogP contribution in [0.5, 0.6) is 0 Å². The third-order valence-electron chi connectivity index (χ3n) is 11.1. The molecule has 1 aromatic heterocycles. The van der Waals surface area contributed by atoms with Gasteiger partial charge < -0.3 is 10.1 Å². The fourth-order valence-corrected chi connectivity index (χ4v) is 7.71. The maximum atomic E-state index is 6.04. The highest BCUT2D eigenvalue weighted by molar-refractivity contribution is 5.57. The van der Waals surface area contributed by atoms with Crippen molar-refractivity contribution in [3.8, 4) is 0 Å². The zero-order valence-electron chi connectivity index (χ0n) is 35.5. The number of ether oxygens (including phenoxy) is 1. The van der Waals surface area contributed by atoms with Crippen molar-refractivity contribution < 1.29 is 9.30 Å². The SMILES string of the molecule is CCCCCCNCCOCC[n+]1ccc(/C=C/C=C(C)/C=C/C2=C(C)CCCC2(C)C)cc1/C=C(C)/C=C/C=C(C)/C=C/C1=C(C)CCCC1(C)C. The number of nitrogens with zero attached hydrogens (tertiary/aromatic N) is 1. The molecular formula is C50H75N2O+. The standard InChI is InChI=1S/C50H75N2O/c1-11-12-13-14-32-51-33-36-53-37-35-52-34-29-45(24-16-20-41(3)26-28-48-44(6)23-18-31-50(48,9)10)39-46(52)38-42(4)21-15-19-40(2)25-27-47-43(5)22-17-30-49(47,7)8/h15-16,19-21,24-29,34,38-39,51H,11-14,17-18,22-23,30-33,35-37H2,1-10H3/q+1/b21-15+,24-16+,27-25+,28-26+,40-19+,41-20+,42-38+. The van der Waals surface area contributed by atoms with Crippen molar-refractivity contribution in [3.05, 3.63) is 123 Å². The van der Waals surface area contributed by atoms with Crippen molar-refractivity contribution in [1.82, 2.24) is 5.32 Å². The van der Waals surface area contributed by atoms with E-state index in [1.54, 1.807) is 11.1 Å². The number of hydrogen-bond acceptors (Lipinski definition) is 2. The zero-order chi connectivity index (χ0) is 38.7. The molecule has 3 heteroatoms. The summed E-state index contributed by atoms with van der Waals surface area (Å²) >= 11 is 0. The van der Waals surface area contributed by atoms with Crippen LogP contribution >= 0.6 is 0 Å². The van der Waals surface area contributed by atoms with Crippen LogP contribution in [0.2, 0.25) is 0 Å². The lowest BCUT2D eigenvalue weighted by Crippen LogP contribution is -2.39. The molecule has 0 bridgehead atoms. The second-order valence-electron chi connectivity index (χ2n) is 17.0. The predicted molar refractivity (Wildman–Crippen MR) is 233 cm³/mol. The first-order valence-electron chi connectivity index (χ1n) is 20.8. The summed E-state index contributed by atoms with van der Waals surface area (Å²) in [5.74, 6) is 0. The van der Waals surface area contributed by atoms with Crippen LogP contribution in [0.4, 0.5) is 0 Å². The van der Waals surface area contributed by atoms with Gasteiger partial charge >= 0.3 is 0 Å². The normalized spacial score (nSPS) is 18.9. The molecule has 0 saturated carbocycles. The minimum atomic E-state index is 0.261. The van der Waals surface area contributed by atoms with E-state index in [0.29, 0.717) is 6.61 Å². The Hall–Kier alpha value is -3.27. The highest BCUT2D eigenvalue weighted by Crippen LogP contribution is 2.41. The average Bonchev–Trinajstić information content (AvgIpc) is 3.09. The smallest absolute Gasteiger partial charge is 0.206 e. The first-order chi connectivity index (χ1) is 25.3. The van der Waals surface area contributed by atoms with E-state index in [-0.39, 0.29) is 10.8 Å². The van der Waals surface area contributed by atoms with E-state index in [2.05, 4.69) is 164 Å². The van der Waals surface area contributed by atoms with Gasteiger partial charge in [0.1, 0.15) is 6.61 Å². The molecule has 0 spiro atoms. The van der Waals surface area contributed by atoms with Crippen LogP contribution in [0.25, 0.3) is 12.2 Å². The van der Waals surface area contributed by atoms with Crippen LogP contribution in [0.1, 0.15) is 145 Å². The highest BCUT2D eigenvalue weighted by atomic mass is 16.5. The van der Waals surface area contributed by atoms with Gasteiger partial charge in [0.05, 0.1) is 6.61 Å². The van der Waals surface area contributed by atoms with E-state index in [1.807, 2.05) is 0 Å². The summed E-state index contributed by atoms with van der Waals surface area (Å²) in [6, 6.07) is 4.49. The number of pyridine rings is 1. The van der Waals surface area contributed by atoms with Crippen molar-refractivity contribution in [2.45, 2.75) is 140 Å². The topological polar surface area (TPSA) is 25.1 Å². The lowest BCUT2D eigenvalue weighted by atomic mass is 9.72. The van der Waals surface area contributed by atoms with Crippen LogP contribution in [0, 0.1) is 10.8 Å². The Morgan fingerprint density at radius 1 is 0.755 bits per heavy atom. The summed E-state index contributed by atoms with van der Waals surface area (Å²) in [7, 11) is 0. The molecule has 0 atom stereocenters. The molecule has 0 amide bonds. The van der Waals surface area contributed by atoms with Crippen molar-refractivity contribution >= 4 is 12.2 Å². The summed E-state index contributed by atoms with van der Waals surface area (Å²) in [6.07, 6.45) is 39.7. The summed E-state index contributed by atoms with van der Waals surface area (Å²) in [6.45, 7) is 27.2. The number of hydrogen-bond donors (Lipinski definition) is 1.